The van der Waals surface area contributed by atoms with Crippen LogP contribution in [0.1, 0.15) is 10.4 Å². The van der Waals surface area contributed by atoms with Crippen LogP contribution >= 0.6 is 0 Å². The van der Waals surface area contributed by atoms with Crippen molar-refractivity contribution in [1.82, 2.24) is 19.7 Å². The van der Waals surface area contributed by atoms with Gasteiger partial charge in [-0.3, -0.25) is 9.59 Å². The van der Waals surface area contributed by atoms with Crippen LogP contribution in [0.2, 0.25) is 0 Å². The van der Waals surface area contributed by atoms with E-state index in [-0.39, 0.29) is 5.56 Å². The van der Waals surface area contributed by atoms with Crippen LogP contribution in [0.5, 0.6) is 0 Å². The quantitative estimate of drug-likeness (QED) is 0.737. The molecule has 0 aliphatic rings. The third-order valence-electron chi connectivity index (χ3n) is 3.03. The lowest BCUT2D eigenvalue weighted by molar-refractivity contribution is 0.0998. The number of nitrogens with one attached hydrogen (secondary N) is 1. The lowest BCUT2D eigenvalue weighted by Gasteiger charge is -2.05. The molecule has 7 nitrogen and oxygen atoms in total. The van der Waals surface area contributed by atoms with Crippen LogP contribution in [-0.4, -0.2) is 25.7 Å². The van der Waals surface area contributed by atoms with E-state index in [2.05, 4.69) is 15.2 Å². The molecule has 7 heteroatoms. The predicted molar refractivity (Wildman–Crippen MR) is 75.9 cm³/mol. The predicted octanol–water partition coefficient (Wildman–Crippen LogP) is 0.721. The van der Waals surface area contributed by atoms with Gasteiger partial charge >= 0.3 is 0 Å². The first kappa shape index (κ1) is 12.8. The first-order valence-electron chi connectivity index (χ1n) is 6.13. The Hall–Kier alpha value is -3.22. The highest BCUT2D eigenvalue weighted by Crippen LogP contribution is 2.18. The Kier molecular flexibility index (Phi) is 3.07. The molecule has 3 N–H and O–H groups in total. The second kappa shape index (κ2) is 5.04. The summed E-state index contributed by atoms with van der Waals surface area (Å²) in [4.78, 5) is 26.6. The van der Waals surface area contributed by atoms with E-state index in [9.17, 15) is 9.59 Å². The van der Waals surface area contributed by atoms with Gasteiger partial charge in [0.25, 0.3) is 11.5 Å². The average molecular weight is 281 g/mol. The number of carbonyl (C=O) groups is 1. The van der Waals surface area contributed by atoms with Crippen molar-refractivity contribution in [2.45, 2.75) is 0 Å². The molecule has 0 aliphatic carbocycles. The molecule has 0 aliphatic heterocycles. The highest BCUT2D eigenvalue weighted by molar-refractivity contribution is 5.93. The van der Waals surface area contributed by atoms with Crippen molar-refractivity contribution in [2.24, 2.45) is 5.73 Å². The van der Waals surface area contributed by atoms with E-state index in [0.29, 0.717) is 5.69 Å². The summed E-state index contributed by atoms with van der Waals surface area (Å²) in [5, 5.41) is 6.19. The van der Waals surface area contributed by atoms with Crippen molar-refractivity contribution >= 4 is 5.91 Å². The summed E-state index contributed by atoms with van der Waals surface area (Å²) >= 11 is 0. The van der Waals surface area contributed by atoms with Gasteiger partial charge in [0, 0.05) is 23.6 Å². The van der Waals surface area contributed by atoms with Gasteiger partial charge in [-0.05, 0) is 18.2 Å². The SMILES string of the molecule is NC(=O)c1cc(-c2ccc(-n3ccnc3)cc2)n[nH]c1=O. The summed E-state index contributed by atoms with van der Waals surface area (Å²) in [6, 6.07) is 8.82. The summed E-state index contributed by atoms with van der Waals surface area (Å²) in [6.45, 7) is 0. The van der Waals surface area contributed by atoms with Gasteiger partial charge in [0.05, 0.1) is 12.0 Å². The minimum Gasteiger partial charge on any atom is -0.365 e. The number of aromatic nitrogens is 4. The van der Waals surface area contributed by atoms with Crippen LogP contribution in [0.4, 0.5) is 0 Å². The molecule has 0 unspecified atom stereocenters. The lowest BCUT2D eigenvalue weighted by atomic mass is 10.1. The molecule has 0 atom stereocenters. The van der Waals surface area contributed by atoms with Crippen LogP contribution < -0.4 is 11.3 Å². The Bertz CT molecular complexity index is 835. The first-order chi connectivity index (χ1) is 10.1. The van der Waals surface area contributed by atoms with Crippen LogP contribution in [0.25, 0.3) is 16.9 Å². The van der Waals surface area contributed by atoms with E-state index < -0.39 is 11.5 Å². The van der Waals surface area contributed by atoms with Gasteiger partial charge in [-0.25, -0.2) is 10.1 Å². The van der Waals surface area contributed by atoms with Gasteiger partial charge in [0.2, 0.25) is 0 Å². The number of aromatic amines is 1. The molecule has 0 spiro atoms. The van der Waals surface area contributed by atoms with Gasteiger partial charge in [0.1, 0.15) is 5.56 Å². The summed E-state index contributed by atoms with van der Waals surface area (Å²) in [5.41, 5.74) is 6.62. The Morgan fingerprint density at radius 3 is 2.62 bits per heavy atom. The van der Waals surface area contributed by atoms with Crippen molar-refractivity contribution in [1.29, 1.82) is 0 Å². The van der Waals surface area contributed by atoms with Gasteiger partial charge in [-0.1, -0.05) is 12.1 Å². The number of amides is 1. The Morgan fingerprint density at radius 2 is 2.00 bits per heavy atom. The summed E-state index contributed by atoms with van der Waals surface area (Å²) in [7, 11) is 0. The Morgan fingerprint density at radius 1 is 1.24 bits per heavy atom. The highest BCUT2D eigenvalue weighted by atomic mass is 16.2. The molecule has 0 saturated carbocycles. The van der Waals surface area contributed by atoms with Crippen molar-refractivity contribution in [3.05, 3.63) is 65.0 Å². The molecule has 2 aromatic heterocycles. The number of imidazole rings is 1. The number of carbonyl (C=O) groups excluding carboxylic acids is 1. The Labute approximate surface area is 119 Å². The number of benzene rings is 1. The number of nitrogens with two attached hydrogens (primary N) is 1. The van der Waals surface area contributed by atoms with E-state index in [1.165, 1.54) is 6.07 Å². The zero-order chi connectivity index (χ0) is 14.8. The zero-order valence-electron chi connectivity index (χ0n) is 10.9. The molecule has 0 fully saturated rings. The Balaban J connectivity index is 2.00. The summed E-state index contributed by atoms with van der Waals surface area (Å²) in [6.07, 6.45) is 5.22. The molecular formula is C14H11N5O2. The third-order valence-corrected chi connectivity index (χ3v) is 3.03. The zero-order valence-corrected chi connectivity index (χ0v) is 10.9. The largest absolute Gasteiger partial charge is 0.365 e. The van der Waals surface area contributed by atoms with Crippen molar-refractivity contribution in [2.75, 3.05) is 0 Å². The molecule has 1 amide bonds. The van der Waals surface area contributed by atoms with Gasteiger partial charge in [0.15, 0.2) is 0 Å². The first-order valence-corrected chi connectivity index (χ1v) is 6.13. The standard InChI is InChI=1S/C14H11N5O2/c15-13(20)11-7-12(17-18-14(11)21)9-1-3-10(4-2-9)19-6-5-16-8-19/h1-8H,(H2,15,20)(H,18,21). The molecule has 0 radical (unpaired) electrons. The van der Waals surface area contributed by atoms with Crippen molar-refractivity contribution < 1.29 is 4.79 Å². The monoisotopic (exact) mass is 281 g/mol. The van der Waals surface area contributed by atoms with Crippen molar-refractivity contribution in [3.8, 4) is 16.9 Å². The van der Waals surface area contributed by atoms with Crippen LogP contribution in [0, 0.1) is 0 Å². The minimum atomic E-state index is -0.782. The lowest BCUT2D eigenvalue weighted by Crippen LogP contribution is -2.24. The maximum absolute atomic E-state index is 11.4. The number of H-pyrrole nitrogens is 1. The fourth-order valence-corrected chi connectivity index (χ4v) is 1.95. The van der Waals surface area contributed by atoms with E-state index in [1.54, 1.807) is 12.5 Å². The highest BCUT2D eigenvalue weighted by Gasteiger charge is 2.10. The number of hydrogen-bond donors (Lipinski definition) is 2. The van der Waals surface area contributed by atoms with E-state index in [0.717, 1.165) is 11.3 Å². The average Bonchev–Trinajstić information content (AvgIpc) is 3.02. The molecule has 1 aromatic carbocycles. The fraction of sp³-hybridized carbons (Fsp3) is 0. The number of hydrogen-bond acceptors (Lipinski definition) is 4. The molecule has 0 saturated heterocycles. The molecule has 3 aromatic rings. The second-order valence-electron chi connectivity index (χ2n) is 4.38. The normalized spacial score (nSPS) is 10.5. The van der Waals surface area contributed by atoms with Gasteiger partial charge in [-0.15, -0.1) is 0 Å². The topological polar surface area (TPSA) is 107 Å². The summed E-state index contributed by atoms with van der Waals surface area (Å²) < 4.78 is 1.86. The number of primary amides is 1. The van der Waals surface area contributed by atoms with Gasteiger partial charge < -0.3 is 10.3 Å². The van der Waals surface area contributed by atoms with Crippen LogP contribution in [0.3, 0.4) is 0 Å². The molecule has 3 rings (SSSR count). The van der Waals surface area contributed by atoms with Crippen LogP contribution in [0.15, 0.2) is 53.8 Å². The molecule has 21 heavy (non-hydrogen) atoms. The molecule has 2 heterocycles. The van der Waals surface area contributed by atoms with E-state index in [4.69, 9.17) is 5.73 Å². The third kappa shape index (κ3) is 2.44. The minimum absolute atomic E-state index is 0.112. The maximum atomic E-state index is 11.4. The maximum Gasteiger partial charge on any atom is 0.277 e. The molecule has 104 valence electrons. The van der Waals surface area contributed by atoms with Gasteiger partial charge in [-0.2, -0.15) is 5.10 Å². The molecular weight excluding hydrogens is 270 g/mol. The number of nitrogens with zero attached hydrogens (tertiary/aromatic N) is 3. The van der Waals surface area contributed by atoms with E-state index in [1.807, 2.05) is 35.0 Å². The second-order valence-corrected chi connectivity index (χ2v) is 4.38. The smallest absolute Gasteiger partial charge is 0.277 e. The fourth-order valence-electron chi connectivity index (χ4n) is 1.95. The van der Waals surface area contributed by atoms with Crippen LogP contribution in [-0.2, 0) is 0 Å². The summed E-state index contributed by atoms with van der Waals surface area (Å²) in [5.74, 6) is -0.782. The number of rotatable bonds is 3. The van der Waals surface area contributed by atoms with E-state index >= 15 is 0 Å². The molecule has 0 bridgehead atoms. The van der Waals surface area contributed by atoms with Crippen molar-refractivity contribution in [3.63, 3.8) is 0 Å².